The normalized spacial score (nSPS) is 10.2. The Morgan fingerprint density at radius 1 is 1.00 bits per heavy atom. The number of ether oxygens (including phenoxy) is 3. The Bertz CT molecular complexity index is 737. The molecule has 2 aromatic rings. The van der Waals surface area contributed by atoms with Gasteiger partial charge >= 0.3 is 0 Å². The predicted molar refractivity (Wildman–Crippen MR) is 94.9 cm³/mol. The lowest BCUT2D eigenvalue weighted by molar-refractivity contribution is -0.120. The van der Waals surface area contributed by atoms with Crippen LogP contribution in [0.25, 0.3) is 0 Å². The van der Waals surface area contributed by atoms with Gasteiger partial charge in [-0.05, 0) is 24.3 Å². The molecule has 0 spiro atoms. The molecule has 0 aromatic heterocycles. The van der Waals surface area contributed by atoms with Crippen LogP contribution in [-0.2, 0) is 4.79 Å². The van der Waals surface area contributed by atoms with Crippen molar-refractivity contribution in [2.45, 2.75) is 0 Å². The number of rotatable bonds is 6. The maximum atomic E-state index is 12.3. The van der Waals surface area contributed by atoms with Crippen molar-refractivity contribution < 1.29 is 19.0 Å². The second kappa shape index (κ2) is 8.13. The number of carbonyl (C=O) groups excluding carboxylic acids is 1. The highest BCUT2D eigenvalue weighted by Gasteiger charge is 2.15. The molecule has 0 aliphatic rings. The van der Waals surface area contributed by atoms with E-state index in [1.165, 1.54) is 12.0 Å². The first-order chi connectivity index (χ1) is 11.5. The van der Waals surface area contributed by atoms with Gasteiger partial charge in [-0.25, -0.2) is 0 Å². The summed E-state index contributed by atoms with van der Waals surface area (Å²) in [6.45, 7) is -0.176. The fraction of sp³-hybridized carbons (Fsp3) is 0.235. The van der Waals surface area contributed by atoms with Crippen LogP contribution in [0.2, 0.25) is 10.0 Å². The van der Waals surface area contributed by atoms with Crippen molar-refractivity contribution in [3.63, 3.8) is 0 Å². The van der Waals surface area contributed by atoms with Crippen molar-refractivity contribution in [3.05, 3.63) is 46.4 Å². The second-order valence-corrected chi connectivity index (χ2v) is 5.70. The molecule has 0 fully saturated rings. The van der Waals surface area contributed by atoms with Gasteiger partial charge in [0, 0.05) is 29.9 Å². The summed E-state index contributed by atoms with van der Waals surface area (Å²) < 4.78 is 15.9. The van der Waals surface area contributed by atoms with Crippen LogP contribution >= 0.6 is 23.2 Å². The molecule has 0 aliphatic carbocycles. The van der Waals surface area contributed by atoms with Crippen LogP contribution in [0.1, 0.15) is 0 Å². The zero-order chi connectivity index (χ0) is 17.7. The summed E-state index contributed by atoms with van der Waals surface area (Å²) in [5.74, 6) is 1.23. The monoisotopic (exact) mass is 369 g/mol. The summed E-state index contributed by atoms with van der Waals surface area (Å²) in [5, 5.41) is 0.871. The van der Waals surface area contributed by atoms with E-state index in [-0.39, 0.29) is 12.5 Å². The van der Waals surface area contributed by atoms with E-state index in [2.05, 4.69) is 0 Å². The second-order valence-electron chi connectivity index (χ2n) is 4.86. The topological polar surface area (TPSA) is 48.0 Å². The van der Waals surface area contributed by atoms with E-state index in [0.29, 0.717) is 33.0 Å². The van der Waals surface area contributed by atoms with Gasteiger partial charge in [0.2, 0.25) is 0 Å². The Hall–Kier alpha value is -2.11. The first-order valence-electron chi connectivity index (χ1n) is 7.02. The van der Waals surface area contributed by atoms with Gasteiger partial charge in [0.25, 0.3) is 5.91 Å². The Morgan fingerprint density at radius 3 is 2.38 bits per heavy atom. The molecule has 0 atom stereocenters. The fourth-order valence-electron chi connectivity index (χ4n) is 2.00. The minimum atomic E-state index is -0.252. The Labute approximate surface area is 150 Å². The predicted octanol–water partition coefficient (Wildman–Crippen LogP) is 4.05. The standard InChI is InChI=1S/C17H17Cl2NO4/c1-20(12-5-7-14(22-2)16(9-12)23-3)17(21)10-24-15-8-11(18)4-6-13(15)19/h4-9H,10H2,1-3H3. The fourth-order valence-corrected chi connectivity index (χ4v) is 2.34. The molecule has 5 nitrogen and oxygen atoms in total. The molecule has 2 rings (SSSR count). The van der Waals surface area contributed by atoms with Crippen LogP contribution in [0.4, 0.5) is 5.69 Å². The number of amides is 1. The van der Waals surface area contributed by atoms with E-state index < -0.39 is 0 Å². The van der Waals surface area contributed by atoms with Crippen LogP contribution < -0.4 is 19.1 Å². The molecule has 7 heteroatoms. The van der Waals surface area contributed by atoms with Crippen molar-refractivity contribution >= 4 is 34.8 Å². The summed E-state index contributed by atoms with van der Waals surface area (Å²) in [4.78, 5) is 13.8. The van der Waals surface area contributed by atoms with E-state index in [1.54, 1.807) is 50.6 Å². The number of carbonyl (C=O) groups is 1. The molecule has 0 aliphatic heterocycles. The molecule has 1 amide bonds. The van der Waals surface area contributed by atoms with E-state index in [4.69, 9.17) is 37.4 Å². The number of nitrogens with zero attached hydrogens (tertiary/aromatic N) is 1. The zero-order valence-electron chi connectivity index (χ0n) is 13.5. The van der Waals surface area contributed by atoms with E-state index in [9.17, 15) is 4.79 Å². The quantitative estimate of drug-likeness (QED) is 0.770. The third-order valence-electron chi connectivity index (χ3n) is 3.37. The van der Waals surface area contributed by atoms with Crippen LogP contribution in [-0.4, -0.2) is 33.8 Å². The number of methoxy groups -OCH3 is 2. The summed E-state index contributed by atoms with van der Waals surface area (Å²) in [6.07, 6.45) is 0. The number of benzene rings is 2. The first kappa shape index (κ1) is 18.2. The lowest BCUT2D eigenvalue weighted by Gasteiger charge is -2.19. The van der Waals surface area contributed by atoms with Crippen molar-refractivity contribution in [1.82, 2.24) is 0 Å². The summed E-state index contributed by atoms with van der Waals surface area (Å²) >= 11 is 11.9. The molecule has 0 unspecified atom stereocenters. The molecule has 0 N–H and O–H groups in total. The zero-order valence-corrected chi connectivity index (χ0v) is 15.0. The van der Waals surface area contributed by atoms with Crippen molar-refractivity contribution in [1.29, 1.82) is 0 Å². The summed E-state index contributed by atoms with van der Waals surface area (Å²) in [7, 11) is 4.73. The molecule has 0 bridgehead atoms. The highest BCUT2D eigenvalue weighted by Crippen LogP contribution is 2.31. The molecular weight excluding hydrogens is 353 g/mol. The molecular formula is C17H17Cl2NO4. The number of hydrogen-bond donors (Lipinski definition) is 0. The van der Waals surface area contributed by atoms with Gasteiger partial charge in [-0.1, -0.05) is 23.2 Å². The Kier molecular flexibility index (Phi) is 6.17. The van der Waals surface area contributed by atoms with Crippen molar-refractivity contribution in [2.75, 3.05) is 32.8 Å². The average molecular weight is 370 g/mol. The third-order valence-corrected chi connectivity index (χ3v) is 3.92. The molecule has 0 saturated carbocycles. The highest BCUT2D eigenvalue weighted by molar-refractivity contribution is 6.34. The van der Waals surface area contributed by atoms with Crippen LogP contribution in [0, 0.1) is 0 Å². The average Bonchev–Trinajstić information content (AvgIpc) is 2.60. The molecule has 2 aromatic carbocycles. The molecule has 0 saturated heterocycles. The number of likely N-dealkylation sites (N-methyl/N-ethyl adjacent to an activating group) is 1. The SMILES string of the molecule is COc1ccc(N(C)C(=O)COc2cc(Cl)ccc2Cl)cc1OC. The summed E-state index contributed by atoms with van der Waals surface area (Å²) in [5.41, 5.74) is 0.651. The Balaban J connectivity index is 2.08. The van der Waals surface area contributed by atoms with Gasteiger partial charge in [-0.2, -0.15) is 0 Å². The van der Waals surface area contributed by atoms with E-state index in [1.807, 2.05) is 0 Å². The Morgan fingerprint density at radius 2 is 1.71 bits per heavy atom. The summed E-state index contributed by atoms with van der Waals surface area (Å²) in [6, 6.07) is 10.0. The van der Waals surface area contributed by atoms with Crippen molar-refractivity contribution in [3.8, 4) is 17.2 Å². The minimum Gasteiger partial charge on any atom is -0.493 e. The molecule has 24 heavy (non-hydrogen) atoms. The highest BCUT2D eigenvalue weighted by atomic mass is 35.5. The van der Waals surface area contributed by atoms with E-state index in [0.717, 1.165) is 0 Å². The number of hydrogen-bond acceptors (Lipinski definition) is 4. The largest absolute Gasteiger partial charge is 0.493 e. The van der Waals surface area contributed by atoms with E-state index >= 15 is 0 Å². The number of halogens is 2. The van der Waals surface area contributed by atoms with Gasteiger partial charge in [0.05, 0.1) is 19.2 Å². The van der Waals surface area contributed by atoms with Gasteiger partial charge in [-0.15, -0.1) is 0 Å². The smallest absolute Gasteiger partial charge is 0.264 e. The van der Waals surface area contributed by atoms with Crippen LogP contribution in [0.15, 0.2) is 36.4 Å². The minimum absolute atomic E-state index is 0.176. The van der Waals surface area contributed by atoms with Gasteiger partial charge in [0.15, 0.2) is 18.1 Å². The van der Waals surface area contributed by atoms with Gasteiger partial charge in [-0.3, -0.25) is 4.79 Å². The lowest BCUT2D eigenvalue weighted by atomic mass is 10.2. The maximum absolute atomic E-state index is 12.3. The maximum Gasteiger partial charge on any atom is 0.264 e. The number of anilines is 1. The molecule has 0 radical (unpaired) electrons. The van der Waals surface area contributed by atoms with Crippen LogP contribution in [0.3, 0.4) is 0 Å². The van der Waals surface area contributed by atoms with Crippen LogP contribution in [0.5, 0.6) is 17.2 Å². The lowest BCUT2D eigenvalue weighted by Crippen LogP contribution is -2.31. The first-order valence-corrected chi connectivity index (χ1v) is 7.78. The molecule has 128 valence electrons. The van der Waals surface area contributed by atoms with Gasteiger partial charge < -0.3 is 19.1 Å². The van der Waals surface area contributed by atoms with Crippen molar-refractivity contribution in [2.24, 2.45) is 0 Å². The molecule has 0 heterocycles. The third kappa shape index (κ3) is 4.24. The van der Waals surface area contributed by atoms with Gasteiger partial charge in [0.1, 0.15) is 5.75 Å².